The molecule has 0 heterocycles. The molecule has 0 N–H and O–H groups in total. The molecule has 3 rings (SSSR count). The summed E-state index contributed by atoms with van der Waals surface area (Å²) < 4.78 is 28.7. The average molecular weight is 507 g/mol. The van der Waals surface area contributed by atoms with Gasteiger partial charge in [0.15, 0.2) is 0 Å². The molecule has 0 amide bonds. The number of nitrogens with zero attached hydrogens (tertiary/aromatic N) is 1. The third-order valence-electron chi connectivity index (χ3n) is 4.62. The summed E-state index contributed by atoms with van der Waals surface area (Å²) >= 11 is 2.29. The van der Waals surface area contributed by atoms with Crippen LogP contribution in [0.15, 0.2) is 65.6 Å². The second-order valence-corrected chi connectivity index (χ2v) is 9.54. The van der Waals surface area contributed by atoms with Crippen LogP contribution < -0.4 is 4.47 Å². The number of halogens is 1. The van der Waals surface area contributed by atoms with Gasteiger partial charge < -0.3 is 0 Å². The first kappa shape index (κ1) is 20.8. The Kier molecular flexibility index (Phi) is 6.12. The Morgan fingerprint density at radius 3 is 1.96 bits per heavy atom. The molecular formula is C22H22INO3S. The first-order valence-electron chi connectivity index (χ1n) is 8.78. The fourth-order valence-corrected chi connectivity index (χ4v) is 5.39. The number of benzene rings is 3. The van der Waals surface area contributed by atoms with E-state index < -0.39 is 10.0 Å². The molecule has 28 heavy (non-hydrogen) atoms. The van der Waals surface area contributed by atoms with Crippen LogP contribution in [0.4, 0.5) is 5.69 Å². The molecule has 0 bridgehead atoms. The van der Waals surface area contributed by atoms with Crippen molar-refractivity contribution < 1.29 is 13.3 Å². The van der Waals surface area contributed by atoms with E-state index in [-0.39, 0.29) is 4.90 Å². The summed E-state index contributed by atoms with van der Waals surface area (Å²) in [7, 11) is -2.51. The Morgan fingerprint density at radius 2 is 1.39 bits per heavy atom. The first-order valence-corrected chi connectivity index (χ1v) is 11.3. The molecule has 4 nitrogen and oxygen atoms in total. The summed E-state index contributed by atoms with van der Waals surface area (Å²) in [5.41, 5.74) is 5.40. The highest BCUT2D eigenvalue weighted by atomic mass is 127. The first-order chi connectivity index (χ1) is 13.3. The van der Waals surface area contributed by atoms with E-state index in [1.807, 2.05) is 51.1 Å². The third-order valence-corrected chi connectivity index (χ3v) is 7.17. The number of anilines is 1. The molecule has 0 radical (unpaired) electrons. The number of hydrogen-bond donors (Lipinski definition) is 0. The molecule has 0 fully saturated rings. The minimum Gasteiger partial charge on any atom is -0.262 e. The van der Waals surface area contributed by atoms with Crippen molar-refractivity contribution in [3.63, 3.8) is 0 Å². The monoisotopic (exact) mass is 507 g/mol. The minimum atomic E-state index is -3.89. The molecule has 3 aromatic rings. The van der Waals surface area contributed by atoms with Crippen molar-refractivity contribution in [2.45, 2.75) is 25.7 Å². The predicted octanol–water partition coefficient (Wildman–Crippen LogP) is 5.64. The molecule has 0 atom stereocenters. The zero-order valence-electron chi connectivity index (χ0n) is 16.2. The van der Waals surface area contributed by atoms with Gasteiger partial charge in [-0.1, -0.05) is 42.0 Å². The molecule has 0 saturated heterocycles. The van der Waals surface area contributed by atoms with E-state index in [0.717, 1.165) is 35.9 Å². The number of hydrogen-bond acceptors (Lipinski definition) is 3. The molecule has 0 aromatic heterocycles. The van der Waals surface area contributed by atoms with Crippen LogP contribution in [-0.2, 0) is 14.9 Å². The van der Waals surface area contributed by atoms with Crippen LogP contribution in [0.5, 0.6) is 0 Å². The van der Waals surface area contributed by atoms with Crippen LogP contribution in [0, 0.1) is 24.3 Å². The maximum absolute atomic E-state index is 13.3. The lowest BCUT2D eigenvalue weighted by molar-refractivity contribution is 0.216. The van der Waals surface area contributed by atoms with Gasteiger partial charge in [-0.3, -0.25) is 4.84 Å². The van der Waals surface area contributed by atoms with E-state index in [4.69, 9.17) is 4.84 Å². The number of aryl methyl sites for hydroxylation is 3. The van der Waals surface area contributed by atoms with Crippen LogP contribution in [0.25, 0.3) is 11.1 Å². The van der Waals surface area contributed by atoms with Crippen molar-refractivity contribution in [1.82, 2.24) is 0 Å². The van der Waals surface area contributed by atoms with Gasteiger partial charge in [-0.25, -0.2) is 0 Å². The fourth-order valence-electron chi connectivity index (χ4n) is 3.21. The highest BCUT2D eigenvalue weighted by molar-refractivity contribution is 14.1. The van der Waals surface area contributed by atoms with Crippen molar-refractivity contribution in [2.24, 2.45) is 0 Å². The SMILES string of the molecule is CON(c1cccc(C)c1-c1c(C)cccc1I)S(=O)(=O)c1ccc(C)cc1. The van der Waals surface area contributed by atoms with Crippen molar-refractivity contribution in [3.05, 3.63) is 80.9 Å². The van der Waals surface area contributed by atoms with Gasteiger partial charge in [-0.15, -0.1) is 4.47 Å². The van der Waals surface area contributed by atoms with E-state index in [2.05, 4.69) is 22.6 Å². The predicted molar refractivity (Wildman–Crippen MR) is 122 cm³/mol. The van der Waals surface area contributed by atoms with Gasteiger partial charge in [0.25, 0.3) is 10.0 Å². The van der Waals surface area contributed by atoms with Gasteiger partial charge in [0.1, 0.15) is 0 Å². The van der Waals surface area contributed by atoms with Crippen molar-refractivity contribution in [1.29, 1.82) is 0 Å². The topological polar surface area (TPSA) is 46.6 Å². The van der Waals surface area contributed by atoms with Gasteiger partial charge in [0, 0.05) is 14.7 Å². The van der Waals surface area contributed by atoms with Gasteiger partial charge in [0.2, 0.25) is 0 Å². The number of sulfonamides is 1. The molecule has 6 heteroatoms. The second-order valence-electron chi connectivity index (χ2n) is 6.63. The lowest BCUT2D eigenvalue weighted by Gasteiger charge is -2.26. The molecule has 0 aliphatic carbocycles. The summed E-state index contributed by atoms with van der Waals surface area (Å²) in [5.74, 6) is 0. The third kappa shape index (κ3) is 3.81. The van der Waals surface area contributed by atoms with Crippen molar-refractivity contribution in [2.75, 3.05) is 11.6 Å². The quantitative estimate of drug-likeness (QED) is 0.332. The van der Waals surface area contributed by atoms with Gasteiger partial charge in [-0.2, -0.15) is 8.42 Å². The summed E-state index contributed by atoms with van der Waals surface area (Å²) in [6, 6.07) is 18.4. The molecule has 0 unspecified atom stereocenters. The maximum Gasteiger partial charge on any atom is 0.286 e. The second kappa shape index (κ2) is 8.23. The molecular weight excluding hydrogens is 485 g/mol. The Balaban J connectivity index is 2.25. The summed E-state index contributed by atoms with van der Waals surface area (Å²) in [6.45, 7) is 5.93. The van der Waals surface area contributed by atoms with Gasteiger partial charge in [0.05, 0.1) is 17.7 Å². The molecule has 0 saturated carbocycles. The largest absolute Gasteiger partial charge is 0.286 e. The zero-order valence-corrected chi connectivity index (χ0v) is 19.2. The molecule has 0 spiro atoms. The Morgan fingerprint density at radius 1 is 0.821 bits per heavy atom. The lowest BCUT2D eigenvalue weighted by Crippen LogP contribution is -2.30. The van der Waals surface area contributed by atoms with Crippen LogP contribution in [-0.4, -0.2) is 15.5 Å². The summed E-state index contributed by atoms with van der Waals surface area (Å²) in [4.78, 5) is 5.61. The van der Waals surface area contributed by atoms with E-state index >= 15 is 0 Å². The summed E-state index contributed by atoms with van der Waals surface area (Å²) in [6.07, 6.45) is 0. The van der Waals surface area contributed by atoms with Crippen LogP contribution >= 0.6 is 22.6 Å². The molecule has 146 valence electrons. The highest BCUT2D eigenvalue weighted by Gasteiger charge is 2.29. The molecule has 0 aliphatic heterocycles. The Hall–Kier alpha value is -1.90. The number of rotatable bonds is 5. The van der Waals surface area contributed by atoms with E-state index in [1.54, 1.807) is 30.3 Å². The highest BCUT2D eigenvalue weighted by Crippen LogP contribution is 2.40. The van der Waals surface area contributed by atoms with Crippen LogP contribution in [0.1, 0.15) is 16.7 Å². The maximum atomic E-state index is 13.3. The zero-order chi connectivity index (χ0) is 20.5. The van der Waals surface area contributed by atoms with Gasteiger partial charge in [-0.05, 0) is 78.8 Å². The average Bonchev–Trinajstić information content (AvgIpc) is 2.64. The van der Waals surface area contributed by atoms with E-state index in [0.29, 0.717) is 5.69 Å². The molecule has 0 aliphatic rings. The van der Waals surface area contributed by atoms with Crippen molar-refractivity contribution in [3.8, 4) is 11.1 Å². The van der Waals surface area contributed by atoms with E-state index in [1.165, 1.54) is 7.11 Å². The molecule has 3 aromatic carbocycles. The van der Waals surface area contributed by atoms with Crippen LogP contribution in [0.3, 0.4) is 0 Å². The van der Waals surface area contributed by atoms with E-state index in [9.17, 15) is 8.42 Å². The minimum absolute atomic E-state index is 0.187. The Bertz CT molecular complexity index is 1090. The van der Waals surface area contributed by atoms with Crippen molar-refractivity contribution >= 4 is 38.3 Å². The smallest absolute Gasteiger partial charge is 0.262 e. The lowest BCUT2D eigenvalue weighted by atomic mass is 9.95. The van der Waals surface area contributed by atoms with Gasteiger partial charge >= 0.3 is 0 Å². The standard InChI is InChI=1S/C22H22INO3S/c1-15-11-13-18(14-12-15)28(25,26)24(27-4)20-10-6-8-17(3)22(20)21-16(2)7-5-9-19(21)23/h5-14H,1-4H3. The van der Waals surface area contributed by atoms with Crippen LogP contribution in [0.2, 0.25) is 0 Å². The normalized spacial score (nSPS) is 11.5. The Labute approximate surface area is 180 Å². The fraction of sp³-hybridized carbons (Fsp3) is 0.182. The summed E-state index contributed by atoms with van der Waals surface area (Å²) in [5, 5.41) is 0.